The normalized spacial score (nSPS) is 30.2. The quantitative estimate of drug-likeness (QED) is 0.609. The molecule has 0 saturated heterocycles. The minimum atomic E-state index is -1.48. The summed E-state index contributed by atoms with van der Waals surface area (Å²) in [5.74, 6) is 4.18. The summed E-state index contributed by atoms with van der Waals surface area (Å²) in [5, 5.41) is 29.4. The maximum atomic E-state index is 10.8. The van der Waals surface area contributed by atoms with E-state index in [9.17, 15) is 5.11 Å². The van der Waals surface area contributed by atoms with Gasteiger partial charge in [-0.15, -0.1) is 0 Å². The first-order valence-corrected chi connectivity index (χ1v) is 11.0. The molecule has 0 heterocycles. The molecule has 4 fully saturated rings. The van der Waals surface area contributed by atoms with E-state index in [1.165, 1.54) is 44.5 Å². The molecule has 4 aliphatic rings. The molecule has 0 atom stereocenters. The predicted molar refractivity (Wildman–Crippen MR) is 118 cm³/mol. The molecule has 2 aromatic rings. The van der Waals surface area contributed by atoms with E-state index in [0.717, 1.165) is 40.0 Å². The second-order valence-corrected chi connectivity index (χ2v) is 9.85. The fourth-order valence-corrected chi connectivity index (χ4v) is 6.93. The monoisotopic (exact) mass is 408 g/mol. The lowest BCUT2D eigenvalue weighted by Gasteiger charge is -2.57. The van der Waals surface area contributed by atoms with Crippen molar-refractivity contribution >= 4 is 24.8 Å². The van der Waals surface area contributed by atoms with E-state index in [4.69, 9.17) is 21.6 Å². The third-order valence-electron chi connectivity index (χ3n) is 7.37. The molecule has 0 amide bonds. The van der Waals surface area contributed by atoms with E-state index in [-0.39, 0.29) is 5.41 Å². The summed E-state index contributed by atoms with van der Waals surface area (Å²) in [5.41, 5.74) is 4.00. The Kier molecular flexibility index (Phi) is 4.77. The number of hydrogen-bond acceptors (Lipinski definition) is 3. The summed E-state index contributed by atoms with van der Waals surface area (Å²) in [6.07, 6.45) is 9.39. The van der Waals surface area contributed by atoms with Crippen molar-refractivity contribution in [1.29, 1.82) is 0 Å². The van der Waals surface area contributed by atoms with Crippen LogP contribution in [0.3, 0.4) is 0 Å². The first kappa shape index (κ1) is 19.2. The van der Waals surface area contributed by atoms with Gasteiger partial charge >= 0.3 is 7.12 Å². The molecular formula is C24H26BClO3. The highest BCUT2D eigenvalue weighted by Crippen LogP contribution is 2.62. The summed E-state index contributed by atoms with van der Waals surface area (Å²) in [6.45, 7) is 0. The van der Waals surface area contributed by atoms with Crippen LogP contribution in [0.4, 0.5) is 0 Å². The van der Waals surface area contributed by atoms with Gasteiger partial charge in [-0.1, -0.05) is 41.9 Å². The topological polar surface area (TPSA) is 60.7 Å². The highest BCUT2D eigenvalue weighted by atomic mass is 35.5. The Morgan fingerprint density at radius 2 is 1.59 bits per heavy atom. The molecule has 3 nitrogen and oxygen atoms in total. The number of phenolic OH excluding ortho intramolecular Hbond substituents is 1. The number of phenols is 1. The summed E-state index contributed by atoms with van der Waals surface area (Å²) in [4.78, 5) is 0. The lowest BCUT2D eigenvalue weighted by molar-refractivity contribution is -0.00611. The zero-order valence-corrected chi connectivity index (χ0v) is 17.1. The second kappa shape index (κ2) is 7.19. The molecule has 4 saturated carbocycles. The third kappa shape index (κ3) is 3.52. The highest BCUT2D eigenvalue weighted by molar-refractivity contribution is 6.48. The van der Waals surface area contributed by atoms with Crippen LogP contribution in [-0.2, 0) is 5.41 Å². The fraction of sp³-hybridized carbons (Fsp3) is 0.417. The number of benzene rings is 2. The number of hydrogen-bond donors (Lipinski definition) is 3. The second-order valence-electron chi connectivity index (χ2n) is 9.44. The van der Waals surface area contributed by atoms with Crippen molar-refractivity contribution in [3.8, 4) is 16.9 Å². The van der Waals surface area contributed by atoms with Crippen LogP contribution in [0, 0.1) is 17.8 Å². The lowest BCUT2D eigenvalue weighted by Crippen LogP contribution is -2.48. The van der Waals surface area contributed by atoms with Crippen molar-refractivity contribution in [3.63, 3.8) is 0 Å². The molecule has 3 N–H and O–H groups in total. The van der Waals surface area contributed by atoms with E-state index < -0.39 is 7.12 Å². The summed E-state index contributed by atoms with van der Waals surface area (Å²) in [7, 11) is -1.48. The third-order valence-corrected chi connectivity index (χ3v) is 7.68. The minimum Gasteiger partial charge on any atom is -0.508 e. The Balaban J connectivity index is 1.51. The van der Waals surface area contributed by atoms with E-state index in [1.54, 1.807) is 6.08 Å². The number of rotatable bonds is 4. The maximum Gasteiger partial charge on any atom is 0.480 e. The van der Waals surface area contributed by atoms with Crippen molar-refractivity contribution in [1.82, 2.24) is 0 Å². The molecule has 4 aliphatic carbocycles. The van der Waals surface area contributed by atoms with Crippen LogP contribution < -0.4 is 0 Å². The first-order chi connectivity index (χ1) is 13.9. The highest BCUT2D eigenvalue weighted by Gasteiger charge is 2.52. The van der Waals surface area contributed by atoms with Crippen molar-refractivity contribution in [3.05, 3.63) is 58.5 Å². The smallest absolute Gasteiger partial charge is 0.480 e. The SMILES string of the molecule is OB(O)/C=C/c1ccc(-c2ccc(O)c(C34CC5CC(CC(C5)C3)C4)c2)c(Cl)c1. The average Bonchev–Trinajstić information content (AvgIpc) is 2.66. The minimum absolute atomic E-state index is 0.126. The van der Waals surface area contributed by atoms with E-state index in [2.05, 4.69) is 6.07 Å². The van der Waals surface area contributed by atoms with Gasteiger partial charge in [-0.3, -0.25) is 0 Å². The summed E-state index contributed by atoms with van der Waals surface area (Å²) < 4.78 is 0. The Bertz CT molecular complexity index is 933. The summed E-state index contributed by atoms with van der Waals surface area (Å²) >= 11 is 6.57. The van der Waals surface area contributed by atoms with Gasteiger partial charge in [-0.25, -0.2) is 0 Å². The first-order valence-electron chi connectivity index (χ1n) is 10.6. The van der Waals surface area contributed by atoms with Gasteiger partial charge in [0.25, 0.3) is 0 Å². The fourth-order valence-electron chi connectivity index (χ4n) is 6.64. The van der Waals surface area contributed by atoms with E-state index >= 15 is 0 Å². The molecule has 0 aromatic heterocycles. The lowest BCUT2D eigenvalue weighted by atomic mass is 9.48. The van der Waals surface area contributed by atoms with Gasteiger partial charge in [0.2, 0.25) is 0 Å². The molecule has 0 spiro atoms. The van der Waals surface area contributed by atoms with Crippen LogP contribution >= 0.6 is 11.6 Å². The van der Waals surface area contributed by atoms with Gasteiger partial charge in [-0.05, 0) is 91.0 Å². The van der Waals surface area contributed by atoms with E-state index in [1.807, 2.05) is 30.3 Å². The molecule has 150 valence electrons. The Morgan fingerprint density at radius 3 is 2.17 bits per heavy atom. The molecule has 0 unspecified atom stereocenters. The van der Waals surface area contributed by atoms with E-state index in [0.29, 0.717) is 10.8 Å². The van der Waals surface area contributed by atoms with Crippen LogP contribution in [0.5, 0.6) is 5.75 Å². The van der Waals surface area contributed by atoms with Gasteiger partial charge < -0.3 is 15.2 Å². The zero-order valence-electron chi connectivity index (χ0n) is 16.4. The standard InChI is InChI=1S/C24H26BClO3/c26-22-10-15(5-6-25(28)29)1-3-20(22)19-2-4-23(27)21(11-19)24-12-16-7-17(13-24)9-18(8-16)14-24/h1-6,10-11,16-18,27-29H,7-9,12-14H2/b6-5+. The predicted octanol–water partition coefficient (Wildman–Crippen LogP) is 5.21. The van der Waals surface area contributed by atoms with Crippen molar-refractivity contribution < 1.29 is 15.2 Å². The van der Waals surface area contributed by atoms with Crippen molar-refractivity contribution in [2.75, 3.05) is 0 Å². The number of halogens is 1. The molecular weight excluding hydrogens is 383 g/mol. The molecule has 29 heavy (non-hydrogen) atoms. The number of aromatic hydroxyl groups is 1. The van der Waals surface area contributed by atoms with Gasteiger partial charge in [0.15, 0.2) is 0 Å². The largest absolute Gasteiger partial charge is 0.508 e. The van der Waals surface area contributed by atoms with Gasteiger partial charge in [-0.2, -0.15) is 0 Å². The Hall–Kier alpha value is -1.75. The Morgan fingerprint density at radius 1 is 0.931 bits per heavy atom. The maximum absolute atomic E-state index is 10.8. The van der Waals surface area contributed by atoms with Crippen LogP contribution in [0.2, 0.25) is 5.02 Å². The molecule has 2 aromatic carbocycles. The molecule has 0 radical (unpaired) electrons. The molecule has 0 aliphatic heterocycles. The van der Waals surface area contributed by atoms with Crippen molar-refractivity contribution in [2.45, 2.75) is 43.9 Å². The Labute approximate surface area is 177 Å². The molecule has 5 heteroatoms. The average molecular weight is 409 g/mol. The molecule has 4 bridgehead atoms. The van der Waals surface area contributed by atoms with Gasteiger partial charge in [0, 0.05) is 16.1 Å². The zero-order chi connectivity index (χ0) is 20.2. The van der Waals surface area contributed by atoms with Crippen molar-refractivity contribution in [2.24, 2.45) is 17.8 Å². The van der Waals surface area contributed by atoms with Gasteiger partial charge in [0.05, 0.1) is 0 Å². The van der Waals surface area contributed by atoms with Crippen LogP contribution in [-0.4, -0.2) is 22.3 Å². The summed E-state index contributed by atoms with van der Waals surface area (Å²) in [6, 6.07) is 11.6. The van der Waals surface area contributed by atoms with Crippen LogP contribution in [0.1, 0.15) is 49.7 Å². The van der Waals surface area contributed by atoms with Crippen LogP contribution in [0.15, 0.2) is 42.4 Å². The molecule has 6 rings (SSSR count). The van der Waals surface area contributed by atoms with Gasteiger partial charge in [0.1, 0.15) is 5.75 Å². The van der Waals surface area contributed by atoms with Crippen LogP contribution in [0.25, 0.3) is 17.2 Å².